The van der Waals surface area contributed by atoms with Gasteiger partial charge in [0.2, 0.25) is 5.91 Å². The molecule has 1 aliphatic heterocycles. The van der Waals surface area contributed by atoms with Crippen molar-refractivity contribution in [3.8, 4) is 0 Å². The zero-order valence-electron chi connectivity index (χ0n) is 14.1. The van der Waals surface area contributed by atoms with Crippen LogP contribution in [0.4, 0.5) is 0 Å². The van der Waals surface area contributed by atoms with Crippen LogP contribution in [-0.2, 0) is 10.2 Å². The second kappa shape index (κ2) is 4.57. The van der Waals surface area contributed by atoms with Crippen molar-refractivity contribution >= 4 is 23.5 Å². The topological polar surface area (TPSA) is 37.4 Å². The maximum absolute atomic E-state index is 13.5. The predicted octanol–water partition coefficient (Wildman–Crippen LogP) is 3.67. The number of imide groups is 1. The van der Waals surface area contributed by atoms with Gasteiger partial charge in [-0.05, 0) is 35.3 Å². The third-order valence-corrected chi connectivity index (χ3v) is 5.92. The molecule has 2 aromatic carbocycles. The molecule has 3 nitrogen and oxygen atoms in total. The van der Waals surface area contributed by atoms with E-state index in [-0.39, 0.29) is 17.7 Å². The van der Waals surface area contributed by atoms with Gasteiger partial charge in [-0.1, -0.05) is 60.2 Å². The lowest BCUT2D eigenvalue weighted by atomic mass is 9.47. The maximum Gasteiger partial charge on any atom is 0.260 e. The van der Waals surface area contributed by atoms with Crippen LogP contribution < -0.4 is 0 Å². The molecule has 2 aliphatic carbocycles. The van der Waals surface area contributed by atoms with E-state index in [9.17, 15) is 9.59 Å². The van der Waals surface area contributed by atoms with Gasteiger partial charge in [-0.25, -0.2) is 0 Å². The third-order valence-electron chi connectivity index (χ3n) is 5.92. The van der Waals surface area contributed by atoms with Crippen LogP contribution in [0.25, 0.3) is 11.6 Å². The molecule has 0 fully saturated rings. The molecule has 0 bridgehead atoms. The highest BCUT2D eigenvalue weighted by Crippen LogP contribution is 2.63. The molecular weight excluding hydrogens is 310 g/mol. The first-order chi connectivity index (χ1) is 12.1. The summed E-state index contributed by atoms with van der Waals surface area (Å²) in [6.45, 7) is 2.10. The third kappa shape index (κ3) is 1.47. The normalized spacial score (nSPS) is 26.3. The Kier molecular flexibility index (Phi) is 2.63. The van der Waals surface area contributed by atoms with E-state index >= 15 is 0 Å². The van der Waals surface area contributed by atoms with E-state index in [4.69, 9.17) is 0 Å². The van der Waals surface area contributed by atoms with E-state index in [1.54, 1.807) is 7.05 Å². The first-order valence-corrected chi connectivity index (χ1v) is 8.49. The van der Waals surface area contributed by atoms with Crippen molar-refractivity contribution in [2.24, 2.45) is 5.92 Å². The van der Waals surface area contributed by atoms with Gasteiger partial charge in [0, 0.05) is 18.5 Å². The summed E-state index contributed by atoms with van der Waals surface area (Å²) in [5.74, 6) is -0.311. The lowest BCUT2D eigenvalue weighted by Crippen LogP contribution is -2.61. The van der Waals surface area contributed by atoms with Crippen LogP contribution in [0.2, 0.25) is 0 Å². The van der Waals surface area contributed by atoms with Gasteiger partial charge in [0.05, 0.1) is 0 Å². The van der Waals surface area contributed by atoms with Gasteiger partial charge in [-0.15, -0.1) is 0 Å². The minimum atomic E-state index is -0.769. The summed E-state index contributed by atoms with van der Waals surface area (Å²) in [6, 6.07) is 15.8. The van der Waals surface area contributed by atoms with Gasteiger partial charge < -0.3 is 0 Å². The summed E-state index contributed by atoms with van der Waals surface area (Å²) in [4.78, 5) is 27.5. The Labute approximate surface area is 146 Å². The fourth-order valence-corrected chi connectivity index (χ4v) is 4.91. The highest BCUT2D eigenvalue weighted by molar-refractivity contribution is 6.21. The predicted molar refractivity (Wildman–Crippen MR) is 96.8 cm³/mol. The zero-order valence-corrected chi connectivity index (χ0v) is 14.1. The highest BCUT2D eigenvalue weighted by Gasteiger charge is 2.64. The number of rotatable bonds is 1. The average Bonchev–Trinajstić information content (AvgIpc) is 2.64. The van der Waals surface area contributed by atoms with Gasteiger partial charge in [0.1, 0.15) is 5.41 Å². The number of benzene rings is 2. The van der Waals surface area contributed by atoms with Crippen LogP contribution in [0.3, 0.4) is 0 Å². The van der Waals surface area contributed by atoms with Crippen molar-refractivity contribution in [3.63, 3.8) is 0 Å². The summed E-state index contributed by atoms with van der Waals surface area (Å²) >= 11 is 0. The van der Waals surface area contributed by atoms with Crippen molar-refractivity contribution < 1.29 is 9.59 Å². The van der Waals surface area contributed by atoms with E-state index in [2.05, 4.69) is 19.1 Å². The minimum Gasteiger partial charge on any atom is -0.281 e. The number of carbonyl (C=O) groups is 2. The van der Waals surface area contributed by atoms with Crippen LogP contribution in [0, 0.1) is 5.92 Å². The number of carbonyl (C=O) groups excluding carboxylic acids is 2. The maximum atomic E-state index is 13.5. The fourth-order valence-electron chi connectivity index (χ4n) is 4.91. The Bertz CT molecular complexity index is 1020. The molecule has 1 heterocycles. The largest absolute Gasteiger partial charge is 0.281 e. The van der Waals surface area contributed by atoms with Crippen LogP contribution in [0.5, 0.6) is 0 Å². The second-order valence-corrected chi connectivity index (χ2v) is 7.01. The number of allylic oxidation sites excluding steroid dienone is 2. The molecule has 3 heteroatoms. The molecule has 2 amide bonds. The molecule has 0 N–H and O–H groups in total. The molecule has 1 spiro atoms. The van der Waals surface area contributed by atoms with Crippen LogP contribution >= 0.6 is 0 Å². The van der Waals surface area contributed by atoms with Gasteiger partial charge in [0.25, 0.3) is 5.91 Å². The smallest absolute Gasteiger partial charge is 0.260 e. The molecule has 0 radical (unpaired) electrons. The van der Waals surface area contributed by atoms with Gasteiger partial charge in [0.15, 0.2) is 0 Å². The van der Waals surface area contributed by atoms with Crippen molar-refractivity contribution in [3.05, 3.63) is 82.4 Å². The van der Waals surface area contributed by atoms with E-state index in [0.29, 0.717) is 5.56 Å². The number of likely N-dealkylation sites (N-methyl/N-ethyl adjacent to an activating group) is 1. The summed E-state index contributed by atoms with van der Waals surface area (Å²) in [5.41, 5.74) is 5.07. The Balaban J connectivity index is 1.90. The van der Waals surface area contributed by atoms with Gasteiger partial charge in [-0.2, -0.15) is 0 Å². The number of hydrogen-bond donors (Lipinski definition) is 0. The zero-order chi connectivity index (χ0) is 17.3. The van der Waals surface area contributed by atoms with Gasteiger partial charge >= 0.3 is 0 Å². The molecule has 0 saturated carbocycles. The Morgan fingerprint density at radius 3 is 2.52 bits per heavy atom. The fraction of sp³-hybridized carbons (Fsp3) is 0.182. The molecule has 0 aromatic heterocycles. The van der Waals surface area contributed by atoms with Crippen molar-refractivity contribution in [2.75, 3.05) is 7.05 Å². The van der Waals surface area contributed by atoms with Gasteiger partial charge in [-0.3, -0.25) is 14.5 Å². The molecule has 0 unspecified atom stereocenters. The molecule has 2 aromatic rings. The molecule has 0 saturated heterocycles. The number of nitrogens with zero attached hydrogens (tertiary/aromatic N) is 1. The van der Waals surface area contributed by atoms with E-state index in [1.807, 2.05) is 48.5 Å². The lowest BCUT2D eigenvalue weighted by Gasteiger charge is -2.55. The summed E-state index contributed by atoms with van der Waals surface area (Å²) in [6.07, 6.45) is 4.17. The molecular formula is C22H17NO2. The van der Waals surface area contributed by atoms with Crippen LogP contribution in [0.1, 0.15) is 34.0 Å². The van der Waals surface area contributed by atoms with Crippen LogP contribution in [-0.4, -0.2) is 23.8 Å². The summed E-state index contributed by atoms with van der Waals surface area (Å²) in [7, 11) is 1.60. The Morgan fingerprint density at radius 2 is 1.76 bits per heavy atom. The van der Waals surface area contributed by atoms with Crippen molar-refractivity contribution in [1.82, 2.24) is 4.90 Å². The quantitative estimate of drug-likeness (QED) is 0.750. The first-order valence-electron chi connectivity index (χ1n) is 8.49. The average molecular weight is 327 g/mol. The number of amides is 2. The first kappa shape index (κ1) is 14.4. The second-order valence-electron chi connectivity index (χ2n) is 7.01. The molecule has 122 valence electrons. The van der Waals surface area contributed by atoms with E-state index in [1.165, 1.54) is 10.5 Å². The standard InChI is InChI=1S/C22H17NO2/c1-13-17-12-11-15-9-6-10-16-19(15)22(17,21(25)23(2)20(16)24)18(13)14-7-4-3-5-8-14/h3-12,17H,1-2H3/t17-,22+/m0/s1. The molecule has 25 heavy (non-hydrogen) atoms. The SMILES string of the molecule is CC1=C(c2ccccc2)[C@@]23C(=O)N(C)C(=O)c4cccc(c42)C=C[C@@H]13. The van der Waals surface area contributed by atoms with E-state index < -0.39 is 5.41 Å². The Morgan fingerprint density at radius 1 is 1.00 bits per heavy atom. The van der Waals surface area contributed by atoms with Crippen molar-refractivity contribution in [2.45, 2.75) is 12.3 Å². The van der Waals surface area contributed by atoms with E-state index in [0.717, 1.165) is 22.3 Å². The summed E-state index contributed by atoms with van der Waals surface area (Å²) < 4.78 is 0. The highest BCUT2D eigenvalue weighted by atomic mass is 16.2. The molecule has 5 rings (SSSR count). The molecule has 3 aliphatic rings. The lowest BCUT2D eigenvalue weighted by molar-refractivity contribution is -0.133. The number of hydrogen-bond acceptors (Lipinski definition) is 2. The van der Waals surface area contributed by atoms with Crippen LogP contribution in [0.15, 0.2) is 60.2 Å². The Hall–Kier alpha value is -2.94. The molecule has 2 atom stereocenters. The minimum absolute atomic E-state index is 0.0133. The summed E-state index contributed by atoms with van der Waals surface area (Å²) in [5, 5.41) is 0. The van der Waals surface area contributed by atoms with Crippen molar-refractivity contribution in [1.29, 1.82) is 0 Å². The monoisotopic (exact) mass is 327 g/mol.